The predicted octanol–water partition coefficient (Wildman–Crippen LogP) is 10.0. The lowest BCUT2D eigenvalue weighted by Crippen LogP contribution is -2.35. The molecule has 0 bridgehead atoms. The van der Waals surface area contributed by atoms with Crippen molar-refractivity contribution in [1.82, 2.24) is 4.90 Å². The Bertz CT molecular complexity index is 504. The number of unbranched alkanes of at least 4 members (excludes halogenated alkanes) is 12. The van der Waals surface area contributed by atoms with Gasteiger partial charge in [-0.2, -0.15) is 0 Å². The molecule has 2 atom stereocenters. The molecule has 38 heavy (non-hydrogen) atoms. The van der Waals surface area contributed by atoms with E-state index in [-0.39, 0.29) is 12.7 Å². The Morgan fingerprint density at radius 1 is 0.553 bits per heavy atom. The molecule has 0 spiro atoms. The molecule has 0 aromatic heterocycles. The van der Waals surface area contributed by atoms with Crippen LogP contribution in [0, 0.1) is 5.92 Å². The van der Waals surface area contributed by atoms with Gasteiger partial charge in [0.2, 0.25) is 0 Å². The zero-order valence-corrected chi connectivity index (χ0v) is 26.2. The van der Waals surface area contributed by atoms with E-state index in [1.807, 2.05) is 0 Å². The number of hydrogen-bond donors (Lipinski definition) is 2. The van der Waals surface area contributed by atoms with Crippen LogP contribution in [0.4, 0.5) is 0 Å². The molecule has 0 aromatic carbocycles. The number of hydrogen-bond acceptors (Lipinski definition) is 3. The van der Waals surface area contributed by atoms with Crippen molar-refractivity contribution < 1.29 is 10.2 Å². The van der Waals surface area contributed by atoms with Crippen LogP contribution in [-0.2, 0) is 0 Å². The Balaban J connectivity index is 4.04. The van der Waals surface area contributed by atoms with E-state index in [2.05, 4.69) is 50.0 Å². The molecule has 0 rings (SSSR count). The molecule has 0 aliphatic heterocycles. The summed E-state index contributed by atoms with van der Waals surface area (Å²) in [6.07, 6.45) is 36.5. The molecule has 226 valence electrons. The summed E-state index contributed by atoms with van der Waals surface area (Å²) in [5.41, 5.74) is 0. The fraction of sp³-hybridized carbons (Fsp3) is 0.886. The molecule has 2 N–H and O–H groups in total. The van der Waals surface area contributed by atoms with E-state index >= 15 is 0 Å². The van der Waals surface area contributed by atoms with Crippen LogP contribution in [0.1, 0.15) is 162 Å². The summed E-state index contributed by atoms with van der Waals surface area (Å²) in [5, 5.41) is 20.1. The van der Waals surface area contributed by atoms with Crippen LogP contribution < -0.4 is 0 Å². The molecule has 3 heteroatoms. The first-order chi connectivity index (χ1) is 18.7. The molecular formula is C35H69NO2. The Morgan fingerprint density at radius 3 is 1.79 bits per heavy atom. The van der Waals surface area contributed by atoms with Crippen molar-refractivity contribution in [3.8, 4) is 0 Å². The van der Waals surface area contributed by atoms with Crippen molar-refractivity contribution in [2.75, 3.05) is 26.2 Å². The third-order valence-electron chi connectivity index (χ3n) is 7.87. The average molecular weight is 536 g/mol. The number of allylic oxidation sites excluding steroid dienone is 4. The van der Waals surface area contributed by atoms with Crippen LogP contribution in [0.15, 0.2) is 24.3 Å². The zero-order chi connectivity index (χ0) is 27.9. The molecule has 0 saturated carbocycles. The monoisotopic (exact) mass is 536 g/mol. The lowest BCUT2D eigenvalue weighted by atomic mass is 9.92. The number of rotatable bonds is 30. The van der Waals surface area contributed by atoms with Gasteiger partial charge in [0.05, 0.1) is 6.10 Å². The van der Waals surface area contributed by atoms with Crippen molar-refractivity contribution in [2.24, 2.45) is 5.92 Å². The van der Waals surface area contributed by atoms with E-state index in [1.165, 1.54) is 116 Å². The van der Waals surface area contributed by atoms with Gasteiger partial charge in [-0.25, -0.2) is 0 Å². The number of aliphatic hydroxyl groups excluding tert-OH is 2. The quantitative estimate of drug-likeness (QED) is 0.0710. The highest BCUT2D eigenvalue weighted by Crippen LogP contribution is 2.21. The van der Waals surface area contributed by atoms with Crippen LogP contribution in [0.5, 0.6) is 0 Å². The van der Waals surface area contributed by atoms with Crippen molar-refractivity contribution >= 4 is 0 Å². The Hall–Kier alpha value is -0.640. The van der Waals surface area contributed by atoms with E-state index in [1.54, 1.807) is 0 Å². The molecule has 0 amide bonds. The van der Waals surface area contributed by atoms with Crippen LogP contribution in [0.25, 0.3) is 0 Å². The summed E-state index contributed by atoms with van der Waals surface area (Å²) < 4.78 is 0. The minimum atomic E-state index is -0.231. The van der Waals surface area contributed by atoms with Crippen LogP contribution in [-0.4, -0.2) is 47.5 Å². The van der Waals surface area contributed by atoms with Gasteiger partial charge in [0.25, 0.3) is 0 Å². The van der Waals surface area contributed by atoms with E-state index in [4.69, 9.17) is 0 Å². The van der Waals surface area contributed by atoms with Gasteiger partial charge in [-0.1, -0.05) is 135 Å². The van der Waals surface area contributed by atoms with Crippen LogP contribution in [0.3, 0.4) is 0 Å². The normalized spacial score (nSPS) is 13.8. The predicted molar refractivity (Wildman–Crippen MR) is 170 cm³/mol. The van der Waals surface area contributed by atoms with Gasteiger partial charge < -0.3 is 15.1 Å². The van der Waals surface area contributed by atoms with Crippen molar-refractivity contribution in [1.29, 1.82) is 0 Å². The molecule has 1 unspecified atom stereocenters. The first kappa shape index (κ1) is 37.4. The van der Waals surface area contributed by atoms with Gasteiger partial charge in [0, 0.05) is 19.7 Å². The van der Waals surface area contributed by atoms with Gasteiger partial charge in [-0.15, -0.1) is 0 Å². The van der Waals surface area contributed by atoms with Gasteiger partial charge in [0.1, 0.15) is 0 Å². The second-order valence-corrected chi connectivity index (χ2v) is 11.7. The van der Waals surface area contributed by atoms with Crippen molar-refractivity contribution in [2.45, 2.75) is 168 Å². The van der Waals surface area contributed by atoms with E-state index in [9.17, 15) is 10.2 Å². The zero-order valence-electron chi connectivity index (χ0n) is 26.2. The maximum atomic E-state index is 10.7. The summed E-state index contributed by atoms with van der Waals surface area (Å²) >= 11 is 0. The average Bonchev–Trinajstić information content (AvgIpc) is 2.92. The summed E-state index contributed by atoms with van der Waals surface area (Å²) in [7, 11) is 0. The largest absolute Gasteiger partial charge is 0.396 e. The molecule has 0 aromatic rings. The van der Waals surface area contributed by atoms with Crippen LogP contribution >= 0.6 is 0 Å². The van der Waals surface area contributed by atoms with E-state index in [0.29, 0.717) is 0 Å². The standard InChI is InChI=1S/C35H69NO2/c1-4-7-10-12-13-14-15-16-17-18-19-20-21-22-24-28-35(38)33-36(30-25-32-37)31-29-34(26-9-6-3)27-23-11-8-5-2/h13-14,16-17,34-35,37-38H,4-12,15,18-33H2,1-3H3/b14-13-,17-16-/t34?,35-/m1/s1. The SMILES string of the molecule is CCCCC/C=C\C/C=C\CCCCCCC[C@@H](O)CN(CCCO)CCC(CCCC)CCCCCC. The maximum Gasteiger partial charge on any atom is 0.0667 e. The summed E-state index contributed by atoms with van der Waals surface area (Å²) in [5.74, 6) is 0.822. The highest BCUT2D eigenvalue weighted by molar-refractivity contribution is 4.92. The molecule has 0 aliphatic carbocycles. The summed E-state index contributed by atoms with van der Waals surface area (Å²) in [6.45, 7) is 9.83. The van der Waals surface area contributed by atoms with Crippen LogP contribution in [0.2, 0.25) is 0 Å². The van der Waals surface area contributed by atoms with Crippen molar-refractivity contribution in [3.63, 3.8) is 0 Å². The van der Waals surface area contributed by atoms with Gasteiger partial charge >= 0.3 is 0 Å². The van der Waals surface area contributed by atoms with Gasteiger partial charge in [-0.3, -0.25) is 0 Å². The Morgan fingerprint density at radius 2 is 1.11 bits per heavy atom. The summed E-state index contributed by atoms with van der Waals surface area (Å²) in [6, 6.07) is 0. The molecule has 0 heterocycles. The number of nitrogens with zero attached hydrogens (tertiary/aromatic N) is 1. The first-order valence-corrected chi connectivity index (χ1v) is 17.0. The van der Waals surface area contributed by atoms with E-state index < -0.39 is 0 Å². The highest BCUT2D eigenvalue weighted by atomic mass is 16.3. The third kappa shape index (κ3) is 26.9. The topological polar surface area (TPSA) is 43.7 Å². The third-order valence-corrected chi connectivity index (χ3v) is 7.87. The number of aliphatic hydroxyl groups is 2. The molecule has 0 radical (unpaired) electrons. The van der Waals surface area contributed by atoms with Gasteiger partial charge in [0.15, 0.2) is 0 Å². The molecule has 0 fully saturated rings. The minimum Gasteiger partial charge on any atom is -0.396 e. The highest BCUT2D eigenvalue weighted by Gasteiger charge is 2.15. The lowest BCUT2D eigenvalue weighted by Gasteiger charge is -2.27. The second-order valence-electron chi connectivity index (χ2n) is 11.7. The Labute approximate surface area is 239 Å². The Kier molecular flexibility index (Phi) is 30.4. The molecule has 3 nitrogen and oxygen atoms in total. The summed E-state index contributed by atoms with van der Waals surface area (Å²) in [4.78, 5) is 2.43. The maximum absolute atomic E-state index is 10.7. The molecule has 0 saturated heterocycles. The van der Waals surface area contributed by atoms with Gasteiger partial charge in [-0.05, 0) is 63.8 Å². The minimum absolute atomic E-state index is 0.231. The van der Waals surface area contributed by atoms with Crippen molar-refractivity contribution in [3.05, 3.63) is 24.3 Å². The molecular weight excluding hydrogens is 466 g/mol. The fourth-order valence-electron chi connectivity index (χ4n) is 5.32. The first-order valence-electron chi connectivity index (χ1n) is 17.0. The molecule has 0 aliphatic rings. The lowest BCUT2D eigenvalue weighted by molar-refractivity contribution is 0.0942. The second kappa shape index (κ2) is 30.9. The fourth-order valence-corrected chi connectivity index (χ4v) is 5.32. The van der Waals surface area contributed by atoms with E-state index in [0.717, 1.165) is 51.2 Å². The smallest absolute Gasteiger partial charge is 0.0667 e.